The number of carbonyl (C=O) groups is 1. The van der Waals surface area contributed by atoms with E-state index in [9.17, 15) is 13.2 Å². The van der Waals surface area contributed by atoms with Crippen LogP contribution in [0.25, 0.3) is 0 Å². The van der Waals surface area contributed by atoms with E-state index in [2.05, 4.69) is 23.5 Å². The first kappa shape index (κ1) is 24.9. The molecule has 0 aromatic heterocycles. The molecule has 0 spiro atoms. The first-order valence-electron chi connectivity index (χ1n) is 9.79. The number of carbonyl (C=O) groups excluding carboxylic acids is 1. The van der Waals surface area contributed by atoms with Gasteiger partial charge in [0.05, 0.1) is 19.5 Å². The van der Waals surface area contributed by atoms with Crippen LogP contribution in [0.1, 0.15) is 90.4 Å². The van der Waals surface area contributed by atoms with Crippen molar-refractivity contribution in [3.05, 3.63) is 0 Å². The monoisotopic (exact) mass is 388 g/mol. The molecule has 0 saturated carbocycles. The van der Waals surface area contributed by atoms with E-state index < -0.39 is 10.1 Å². The molecular formula is C20H36O5S. The Morgan fingerprint density at radius 1 is 0.962 bits per heavy atom. The molecule has 0 radical (unpaired) electrons. The summed E-state index contributed by atoms with van der Waals surface area (Å²) in [6.07, 6.45) is 12.8. The molecule has 0 fully saturated rings. The van der Waals surface area contributed by atoms with Gasteiger partial charge in [-0.3, -0.25) is 8.98 Å². The SMILES string of the molecule is CCCCCCC(CC#CCCCCCCCC(=O)OC)OS(C)(=O)=O. The molecule has 0 aliphatic heterocycles. The van der Waals surface area contributed by atoms with Crippen LogP contribution in [0.2, 0.25) is 0 Å². The minimum Gasteiger partial charge on any atom is -0.469 e. The van der Waals surface area contributed by atoms with Gasteiger partial charge in [0, 0.05) is 19.3 Å². The van der Waals surface area contributed by atoms with Crippen LogP contribution in [0.15, 0.2) is 0 Å². The van der Waals surface area contributed by atoms with E-state index in [1.807, 2.05) is 0 Å². The van der Waals surface area contributed by atoms with Gasteiger partial charge in [0.2, 0.25) is 0 Å². The number of rotatable bonds is 15. The van der Waals surface area contributed by atoms with Crippen molar-refractivity contribution in [2.75, 3.05) is 13.4 Å². The molecule has 0 heterocycles. The summed E-state index contributed by atoms with van der Waals surface area (Å²) in [5.74, 6) is 6.05. The van der Waals surface area contributed by atoms with Crippen molar-refractivity contribution >= 4 is 16.1 Å². The lowest BCUT2D eigenvalue weighted by Crippen LogP contribution is -2.17. The Morgan fingerprint density at radius 2 is 1.62 bits per heavy atom. The molecule has 0 amide bonds. The van der Waals surface area contributed by atoms with E-state index in [4.69, 9.17) is 4.18 Å². The molecule has 0 bridgehead atoms. The second-order valence-corrected chi connectivity index (χ2v) is 8.27. The first-order chi connectivity index (χ1) is 12.4. The van der Waals surface area contributed by atoms with Gasteiger partial charge in [-0.2, -0.15) is 8.42 Å². The summed E-state index contributed by atoms with van der Waals surface area (Å²) in [6.45, 7) is 2.15. The van der Waals surface area contributed by atoms with E-state index in [1.165, 1.54) is 7.11 Å². The molecule has 0 aliphatic carbocycles. The molecular weight excluding hydrogens is 352 g/mol. The van der Waals surface area contributed by atoms with Crippen LogP contribution in [0.5, 0.6) is 0 Å². The van der Waals surface area contributed by atoms with Gasteiger partial charge in [0.25, 0.3) is 10.1 Å². The third kappa shape index (κ3) is 17.8. The lowest BCUT2D eigenvalue weighted by atomic mass is 10.1. The average molecular weight is 389 g/mol. The summed E-state index contributed by atoms with van der Waals surface area (Å²) >= 11 is 0. The lowest BCUT2D eigenvalue weighted by molar-refractivity contribution is -0.140. The summed E-state index contributed by atoms with van der Waals surface area (Å²) in [5, 5.41) is 0. The normalized spacial score (nSPS) is 12.3. The smallest absolute Gasteiger partial charge is 0.305 e. The zero-order valence-electron chi connectivity index (χ0n) is 16.7. The van der Waals surface area contributed by atoms with Gasteiger partial charge in [-0.25, -0.2) is 0 Å². The Labute approximate surface area is 160 Å². The quantitative estimate of drug-likeness (QED) is 0.177. The molecule has 152 valence electrons. The third-order valence-electron chi connectivity index (χ3n) is 4.06. The highest BCUT2D eigenvalue weighted by Gasteiger charge is 2.14. The standard InChI is InChI=1S/C20H36O5S/c1-4-5-6-13-16-19(25-26(3,22)23)17-14-11-9-7-8-10-12-15-18-20(21)24-2/h19H,4-10,12-13,15-18H2,1-3H3. The van der Waals surface area contributed by atoms with Gasteiger partial charge in [-0.05, 0) is 19.3 Å². The van der Waals surface area contributed by atoms with Crippen molar-refractivity contribution in [1.82, 2.24) is 0 Å². The van der Waals surface area contributed by atoms with Crippen molar-refractivity contribution in [3.63, 3.8) is 0 Å². The van der Waals surface area contributed by atoms with Crippen LogP contribution >= 0.6 is 0 Å². The fourth-order valence-electron chi connectivity index (χ4n) is 2.62. The summed E-state index contributed by atoms with van der Waals surface area (Å²) < 4.78 is 32.5. The van der Waals surface area contributed by atoms with Crippen molar-refractivity contribution in [1.29, 1.82) is 0 Å². The Kier molecular flexibility index (Phi) is 15.5. The predicted molar refractivity (Wildman–Crippen MR) is 105 cm³/mol. The number of hydrogen-bond donors (Lipinski definition) is 0. The zero-order valence-corrected chi connectivity index (χ0v) is 17.5. The Balaban J connectivity index is 3.89. The van der Waals surface area contributed by atoms with Gasteiger partial charge < -0.3 is 4.74 Å². The average Bonchev–Trinajstić information content (AvgIpc) is 2.58. The maximum Gasteiger partial charge on any atom is 0.305 e. The van der Waals surface area contributed by atoms with Gasteiger partial charge in [-0.15, -0.1) is 11.8 Å². The highest BCUT2D eigenvalue weighted by molar-refractivity contribution is 7.86. The topological polar surface area (TPSA) is 69.7 Å². The molecule has 5 nitrogen and oxygen atoms in total. The van der Waals surface area contributed by atoms with Gasteiger partial charge in [0.15, 0.2) is 0 Å². The Bertz CT molecular complexity index is 516. The number of esters is 1. The fraction of sp³-hybridized carbons (Fsp3) is 0.850. The summed E-state index contributed by atoms with van der Waals surface area (Å²) in [5.41, 5.74) is 0. The van der Waals surface area contributed by atoms with E-state index in [-0.39, 0.29) is 12.1 Å². The lowest BCUT2D eigenvalue weighted by Gasteiger charge is -2.13. The fourth-order valence-corrected chi connectivity index (χ4v) is 3.28. The molecule has 0 N–H and O–H groups in total. The summed E-state index contributed by atoms with van der Waals surface area (Å²) in [6, 6.07) is 0. The molecule has 0 aliphatic rings. The van der Waals surface area contributed by atoms with Crippen LogP contribution in [0.4, 0.5) is 0 Å². The molecule has 0 aromatic carbocycles. The van der Waals surface area contributed by atoms with E-state index >= 15 is 0 Å². The van der Waals surface area contributed by atoms with Gasteiger partial charge >= 0.3 is 5.97 Å². The van der Waals surface area contributed by atoms with Gasteiger partial charge in [-0.1, -0.05) is 51.9 Å². The van der Waals surface area contributed by atoms with Crippen molar-refractivity contribution < 1.29 is 22.1 Å². The minimum atomic E-state index is -3.44. The Hall–Kier alpha value is -1.06. The maximum atomic E-state index is 11.4. The van der Waals surface area contributed by atoms with E-state index in [0.29, 0.717) is 12.8 Å². The maximum absolute atomic E-state index is 11.4. The first-order valence-corrected chi connectivity index (χ1v) is 11.6. The van der Waals surface area contributed by atoms with Crippen LogP contribution in [0.3, 0.4) is 0 Å². The molecule has 1 atom stereocenters. The molecule has 1 unspecified atom stereocenters. The van der Waals surface area contributed by atoms with Crippen molar-refractivity contribution in [2.45, 2.75) is 96.5 Å². The number of unbranched alkanes of at least 4 members (excludes halogenated alkanes) is 8. The highest BCUT2D eigenvalue weighted by Crippen LogP contribution is 2.13. The zero-order chi connectivity index (χ0) is 19.7. The number of methoxy groups -OCH3 is 1. The molecule has 0 rings (SSSR count). The van der Waals surface area contributed by atoms with Crippen molar-refractivity contribution in [3.8, 4) is 11.8 Å². The molecule has 0 aromatic rings. The van der Waals surface area contributed by atoms with Crippen LogP contribution in [0, 0.1) is 11.8 Å². The summed E-state index contributed by atoms with van der Waals surface area (Å²) in [4.78, 5) is 11.0. The minimum absolute atomic E-state index is 0.142. The predicted octanol–water partition coefficient (Wildman–Crippen LogP) is 4.60. The number of ether oxygens (including phenoxy) is 1. The third-order valence-corrected chi connectivity index (χ3v) is 4.68. The number of hydrogen-bond acceptors (Lipinski definition) is 5. The molecule has 6 heteroatoms. The molecule has 0 saturated heterocycles. The van der Waals surface area contributed by atoms with Crippen LogP contribution in [-0.2, 0) is 23.8 Å². The van der Waals surface area contributed by atoms with Crippen LogP contribution < -0.4 is 0 Å². The second-order valence-electron chi connectivity index (χ2n) is 6.67. The highest BCUT2D eigenvalue weighted by atomic mass is 32.2. The summed E-state index contributed by atoms with van der Waals surface area (Å²) in [7, 11) is -2.02. The Morgan fingerprint density at radius 3 is 2.27 bits per heavy atom. The largest absolute Gasteiger partial charge is 0.469 e. The molecule has 26 heavy (non-hydrogen) atoms. The van der Waals surface area contributed by atoms with E-state index in [0.717, 1.165) is 76.9 Å². The van der Waals surface area contributed by atoms with Crippen LogP contribution in [-0.4, -0.2) is 33.9 Å². The van der Waals surface area contributed by atoms with E-state index in [1.54, 1.807) is 0 Å². The van der Waals surface area contributed by atoms with Gasteiger partial charge in [0.1, 0.15) is 0 Å². The van der Waals surface area contributed by atoms with Crippen molar-refractivity contribution in [2.24, 2.45) is 0 Å². The second kappa shape index (κ2) is 16.1.